The molecule has 8 heteroatoms. The number of nitrogens with one attached hydrogen (secondary N) is 2. The Kier molecular flexibility index (Phi) is 4.69. The maximum atomic E-state index is 12.7. The average Bonchev–Trinajstić information content (AvgIpc) is 2.44. The van der Waals surface area contributed by atoms with Crippen LogP contribution in [-0.4, -0.2) is 15.5 Å². The van der Waals surface area contributed by atoms with E-state index in [2.05, 4.69) is 26.2 Å². The van der Waals surface area contributed by atoms with Crippen LogP contribution < -0.4 is 16.6 Å². The quantitative estimate of drug-likeness (QED) is 0.848. The lowest BCUT2D eigenvalue weighted by molar-refractivity contribution is -0.121. The number of carbonyl (C=O) groups is 1. The summed E-state index contributed by atoms with van der Waals surface area (Å²) < 4.78 is 14.0. The maximum Gasteiger partial charge on any atom is 0.328 e. The second kappa shape index (κ2) is 6.49. The van der Waals surface area contributed by atoms with E-state index in [1.165, 1.54) is 18.3 Å². The summed E-state index contributed by atoms with van der Waals surface area (Å²) in [5, 5.41) is 2.60. The maximum absolute atomic E-state index is 12.7. The van der Waals surface area contributed by atoms with Crippen LogP contribution in [0.2, 0.25) is 0 Å². The van der Waals surface area contributed by atoms with Crippen LogP contribution in [0, 0.1) is 5.82 Å². The van der Waals surface area contributed by atoms with Gasteiger partial charge >= 0.3 is 5.69 Å². The number of halogens is 2. The van der Waals surface area contributed by atoms with Crippen LogP contribution in [0.3, 0.4) is 0 Å². The second-order valence-electron chi connectivity index (χ2n) is 4.27. The Morgan fingerprint density at radius 2 is 1.95 bits per heavy atom. The minimum absolute atomic E-state index is 0.161. The normalized spacial score (nSPS) is 10.4. The number of H-pyrrole nitrogens is 1. The van der Waals surface area contributed by atoms with Crippen molar-refractivity contribution in [3.8, 4) is 0 Å². The Morgan fingerprint density at radius 1 is 1.29 bits per heavy atom. The van der Waals surface area contributed by atoms with Crippen molar-refractivity contribution in [2.75, 3.05) is 0 Å². The molecule has 0 aliphatic rings. The minimum atomic E-state index is -0.667. The Hall–Kier alpha value is -2.22. The number of benzene rings is 1. The summed E-state index contributed by atoms with van der Waals surface area (Å²) in [7, 11) is 0. The first-order chi connectivity index (χ1) is 9.95. The lowest BCUT2D eigenvalue weighted by atomic mass is 10.2. The van der Waals surface area contributed by atoms with Gasteiger partial charge in [-0.1, -0.05) is 12.1 Å². The molecule has 1 amide bonds. The molecule has 1 aromatic carbocycles. The van der Waals surface area contributed by atoms with Gasteiger partial charge in [0.25, 0.3) is 5.56 Å². The fourth-order valence-electron chi connectivity index (χ4n) is 1.61. The van der Waals surface area contributed by atoms with Crippen molar-refractivity contribution in [2.24, 2.45) is 0 Å². The Labute approximate surface area is 126 Å². The second-order valence-corrected chi connectivity index (χ2v) is 5.12. The van der Waals surface area contributed by atoms with E-state index >= 15 is 0 Å². The lowest BCUT2D eigenvalue weighted by Gasteiger charge is -2.07. The van der Waals surface area contributed by atoms with Gasteiger partial charge in [-0.2, -0.15) is 0 Å². The first kappa shape index (κ1) is 15.2. The van der Waals surface area contributed by atoms with E-state index in [1.807, 2.05) is 0 Å². The predicted octanol–water partition coefficient (Wildman–Crippen LogP) is 0.755. The Balaban J connectivity index is 1.99. The molecule has 110 valence electrons. The van der Waals surface area contributed by atoms with E-state index in [0.29, 0.717) is 0 Å². The topological polar surface area (TPSA) is 84.0 Å². The van der Waals surface area contributed by atoms with Crippen LogP contribution in [0.5, 0.6) is 0 Å². The average molecular weight is 356 g/mol. The molecule has 0 spiro atoms. The number of hydrogen-bond donors (Lipinski definition) is 2. The summed E-state index contributed by atoms with van der Waals surface area (Å²) in [6.45, 7) is -0.00616. The van der Waals surface area contributed by atoms with Crippen molar-refractivity contribution >= 4 is 21.8 Å². The number of aromatic amines is 1. The number of amides is 1. The Bertz CT molecular complexity index is 767. The number of aromatic nitrogens is 2. The largest absolute Gasteiger partial charge is 0.350 e. The van der Waals surface area contributed by atoms with Crippen molar-refractivity contribution in [1.82, 2.24) is 14.9 Å². The standard InChI is InChI=1S/C13H11BrFN3O3/c14-10-6-18(13(21)17-12(10)20)7-11(19)16-5-8-1-3-9(15)4-2-8/h1-4,6H,5,7H2,(H,16,19)(H,17,20,21). The zero-order chi connectivity index (χ0) is 15.4. The highest BCUT2D eigenvalue weighted by molar-refractivity contribution is 9.10. The van der Waals surface area contributed by atoms with Gasteiger partial charge in [0.2, 0.25) is 5.91 Å². The molecule has 0 radical (unpaired) electrons. The molecule has 1 heterocycles. The number of nitrogens with zero attached hydrogens (tertiary/aromatic N) is 1. The number of carbonyl (C=O) groups excluding carboxylic acids is 1. The van der Waals surface area contributed by atoms with Gasteiger partial charge in [0.1, 0.15) is 12.4 Å². The first-order valence-corrected chi connectivity index (χ1v) is 6.75. The number of hydrogen-bond acceptors (Lipinski definition) is 3. The third kappa shape index (κ3) is 4.12. The molecule has 0 atom stereocenters. The van der Waals surface area contributed by atoms with Crippen LogP contribution in [0.4, 0.5) is 4.39 Å². The van der Waals surface area contributed by atoms with Crippen molar-refractivity contribution in [3.05, 3.63) is 67.2 Å². The van der Waals surface area contributed by atoms with Crippen LogP contribution in [-0.2, 0) is 17.9 Å². The highest BCUT2D eigenvalue weighted by Gasteiger charge is 2.07. The van der Waals surface area contributed by atoms with Gasteiger partial charge in [0.05, 0.1) is 4.47 Å². The van der Waals surface area contributed by atoms with Crippen molar-refractivity contribution in [1.29, 1.82) is 0 Å². The molecule has 2 N–H and O–H groups in total. The van der Waals surface area contributed by atoms with Crippen LogP contribution in [0.25, 0.3) is 0 Å². The highest BCUT2D eigenvalue weighted by Crippen LogP contribution is 2.02. The molecule has 0 fully saturated rings. The van der Waals surface area contributed by atoms with E-state index in [-0.39, 0.29) is 23.4 Å². The molecule has 1 aromatic heterocycles. The third-order valence-electron chi connectivity index (χ3n) is 2.68. The van der Waals surface area contributed by atoms with Crippen LogP contribution in [0.1, 0.15) is 5.56 Å². The van der Waals surface area contributed by atoms with Crippen LogP contribution >= 0.6 is 15.9 Å². The van der Waals surface area contributed by atoms with Gasteiger partial charge in [-0.3, -0.25) is 19.1 Å². The molecule has 0 saturated heterocycles. The molecule has 2 aromatic rings. The smallest absolute Gasteiger partial charge is 0.328 e. The van der Waals surface area contributed by atoms with Crippen molar-refractivity contribution < 1.29 is 9.18 Å². The fraction of sp³-hybridized carbons (Fsp3) is 0.154. The molecule has 2 rings (SSSR count). The monoisotopic (exact) mass is 355 g/mol. The zero-order valence-electron chi connectivity index (χ0n) is 10.7. The fourth-order valence-corrected chi connectivity index (χ4v) is 1.96. The predicted molar refractivity (Wildman–Crippen MR) is 77.3 cm³/mol. The van der Waals surface area contributed by atoms with Crippen molar-refractivity contribution in [3.63, 3.8) is 0 Å². The third-order valence-corrected chi connectivity index (χ3v) is 3.25. The zero-order valence-corrected chi connectivity index (χ0v) is 12.3. The van der Waals surface area contributed by atoms with Gasteiger partial charge in [0, 0.05) is 12.7 Å². The van der Waals surface area contributed by atoms with Gasteiger partial charge in [0.15, 0.2) is 0 Å². The van der Waals surface area contributed by atoms with E-state index in [9.17, 15) is 18.8 Å². The Morgan fingerprint density at radius 3 is 2.62 bits per heavy atom. The van der Waals surface area contributed by atoms with Gasteiger partial charge in [-0.05, 0) is 33.6 Å². The molecule has 0 saturated carbocycles. The highest BCUT2D eigenvalue weighted by atomic mass is 79.9. The molecule has 0 aliphatic carbocycles. The summed E-state index contributed by atoms with van der Waals surface area (Å²) in [5.41, 5.74) is -0.483. The summed E-state index contributed by atoms with van der Waals surface area (Å²) >= 11 is 2.98. The summed E-state index contributed by atoms with van der Waals surface area (Å²) in [6, 6.07) is 5.70. The lowest BCUT2D eigenvalue weighted by Crippen LogP contribution is -2.35. The SMILES string of the molecule is O=C(Cn1cc(Br)c(=O)[nH]c1=O)NCc1ccc(F)cc1. The molecule has 21 heavy (non-hydrogen) atoms. The van der Waals surface area contributed by atoms with E-state index in [1.54, 1.807) is 12.1 Å². The van der Waals surface area contributed by atoms with Crippen molar-refractivity contribution in [2.45, 2.75) is 13.1 Å². The number of rotatable bonds is 4. The first-order valence-electron chi connectivity index (χ1n) is 5.96. The van der Waals surface area contributed by atoms with Crippen LogP contribution in [0.15, 0.2) is 44.5 Å². The molecule has 0 bridgehead atoms. The molecule has 0 aliphatic heterocycles. The van der Waals surface area contributed by atoms with E-state index < -0.39 is 17.2 Å². The molecular formula is C13H11BrFN3O3. The van der Waals surface area contributed by atoms with Gasteiger partial charge in [-0.25, -0.2) is 9.18 Å². The minimum Gasteiger partial charge on any atom is -0.350 e. The van der Waals surface area contributed by atoms with E-state index in [0.717, 1.165) is 10.1 Å². The summed E-state index contributed by atoms with van der Waals surface area (Å²) in [5.74, 6) is -0.755. The summed E-state index contributed by atoms with van der Waals surface area (Å²) in [4.78, 5) is 36.5. The molecule has 6 nitrogen and oxygen atoms in total. The van der Waals surface area contributed by atoms with E-state index in [4.69, 9.17) is 0 Å². The van der Waals surface area contributed by atoms with Gasteiger partial charge < -0.3 is 5.32 Å². The molecule has 0 unspecified atom stereocenters. The summed E-state index contributed by atoms with van der Waals surface area (Å²) in [6.07, 6.45) is 1.25. The van der Waals surface area contributed by atoms with Gasteiger partial charge in [-0.15, -0.1) is 0 Å². The molecular weight excluding hydrogens is 345 g/mol.